The van der Waals surface area contributed by atoms with Gasteiger partial charge in [0.25, 0.3) is 0 Å². The summed E-state index contributed by atoms with van der Waals surface area (Å²) in [6.45, 7) is 1.85. The molecule has 25 heavy (non-hydrogen) atoms. The van der Waals surface area contributed by atoms with E-state index in [2.05, 4.69) is 5.32 Å². The minimum Gasteiger partial charge on any atom is -0.352 e. The molecule has 2 bridgehead atoms. The Balaban J connectivity index is 1.57. The summed E-state index contributed by atoms with van der Waals surface area (Å²) in [7, 11) is -2.28. The van der Waals surface area contributed by atoms with Gasteiger partial charge in [-0.1, -0.05) is 18.0 Å². The van der Waals surface area contributed by atoms with Crippen molar-refractivity contribution in [2.45, 2.75) is 43.5 Å². The Hall–Kier alpha value is -1.11. The molecule has 1 aromatic carbocycles. The molecule has 0 radical (unpaired) electrons. The van der Waals surface area contributed by atoms with Crippen LogP contribution in [-0.2, 0) is 14.8 Å². The van der Waals surface area contributed by atoms with Gasteiger partial charge in [0.15, 0.2) is 0 Å². The van der Waals surface area contributed by atoms with Gasteiger partial charge >= 0.3 is 0 Å². The third-order valence-electron chi connectivity index (χ3n) is 5.71. The molecule has 0 heterocycles. The number of fused-ring (bicyclic) bond motifs is 2. The third-order valence-corrected chi connectivity index (χ3v) is 7.78. The maximum atomic E-state index is 12.5. The van der Waals surface area contributed by atoms with Crippen LogP contribution in [0.5, 0.6) is 0 Å². The zero-order valence-electron chi connectivity index (χ0n) is 14.6. The predicted molar refractivity (Wildman–Crippen MR) is 97.8 cm³/mol. The number of likely N-dealkylation sites (N-methyl/N-ethyl adjacent to an activating group) is 1. The summed E-state index contributed by atoms with van der Waals surface area (Å²) in [4.78, 5) is 12.5. The number of benzene rings is 1. The lowest BCUT2D eigenvalue weighted by Gasteiger charge is -2.29. The molecule has 0 saturated heterocycles. The van der Waals surface area contributed by atoms with Crippen LogP contribution in [-0.4, -0.2) is 38.3 Å². The number of rotatable bonds is 6. The molecule has 138 valence electrons. The molecule has 1 aromatic rings. The summed E-state index contributed by atoms with van der Waals surface area (Å²) in [5.74, 6) is 1.81. The fourth-order valence-corrected chi connectivity index (χ4v) is 5.64. The van der Waals surface area contributed by atoms with Crippen LogP contribution in [0.2, 0.25) is 5.02 Å². The van der Waals surface area contributed by atoms with E-state index in [1.165, 1.54) is 57.0 Å². The van der Waals surface area contributed by atoms with Crippen LogP contribution in [0.1, 0.15) is 32.6 Å². The SMILES string of the molecule is CC(NC(=O)CN(C)S(=O)(=O)c1ccc(Cl)cc1)C1CC2CCC1C2. The maximum absolute atomic E-state index is 12.5. The highest BCUT2D eigenvalue weighted by Crippen LogP contribution is 2.49. The minimum atomic E-state index is -3.70. The number of nitrogens with one attached hydrogen (secondary N) is 1. The summed E-state index contributed by atoms with van der Waals surface area (Å²) in [5.41, 5.74) is 0. The summed E-state index contributed by atoms with van der Waals surface area (Å²) >= 11 is 5.80. The number of halogens is 1. The van der Waals surface area contributed by atoms with Gasteiger partial charge in [0.2, 0.25) is 15.9 Å². The summed E-state index contributed by atoms with van der Waals surface area (Å²) in [6.07, 6.45) is 5.06. The van der Waals surface area contributed by atoms with E-state index in [0.29, 0.717) is 10.9 Å². The summed E-state index contributed by atoms with van der Waals surface area (Å²) in [5, 5.41) is 3.48. The van der Waals surface area contributed by atoms with Gasteiger partial charge < -0.3 is 5.32 Å². The molecule has 1 N–H and O–H groups in total. The van der Waals surface area contributed by atoms with Crippen molar-refractivity contribution in [1.82, 2.24) is 9.62 Å². The molecule has 2 saturated carbocycles. The van der Waals surface area contributed by atoms with Gasteiger partial charge in [-0.3, -0.25) is 4.79 Å². The fourth-order valence-electron chi connectivity index (χ4n) is 4.39. The lowest BCUT2D eigenvalue weighted by Crippen LogP contribution is -2.45. The van der Waals surface area contributed by atoms with E-state index >= 15 is 0 Å². The van der Waals surface area contributed by atoms with Gasteiger partial charge in [0.1, 0.15) is 0 Å². The zero-order valence-corrected chi connectivity index (χ0v) is 16.2. The van der Waals surface area contributed by atoms with E-state index in [0.717, 1.165) is 16.1 Å². The quantitative estimate of drug-likeness (QED) is 0.820. The molecule has 4 atom stereocenters. The maximum Gasteiger partial charge on any atom is 0.243 e. The standard InChI is InChI=1S/C18H25ClN2O3S/c1-12(17-10-13-3-4-14(17)9-13)20-18(22)11-21(2)25(23,24)16-7-5-15(19)6-8-16/h5-8,12-14,17H,3-4,9-11H2,1-2H3,(H,20,22). The van der Waals surface area contributed by atoms with E-state index in [-0.39, 0.29) is 23.4 Å². The highest BCUT2D eigenvalue weighted by atomic mass is 35.5. The molecule has 0 spiro atoms. The lowest BCUT2D eigenvalue weighted by atomic mass is 9.84. The van der Waals surface area contributed by atoms with E-state index < -0.39 is 10.0 Å². The van der Waals surface area contributed by atoms with E-state index in [1.54, 1.807) is 0 Å². The second kappa shape index (κ2) is 7.25. The highest BCUT2D eigenvalue weighted by Gasteiger charge is 2.42. The average Bonchev–Trinajstić information content (AvgIpc) is 3.18. The molecular formula is C18H25ClN2O3S. The van der Waals surface area contributed by atoms with Crippen molar-refractivity contribution >= 4 is 27.5 Å². The van der Waals surface area contributed by atoms with E-state index in [9.17, 15) is 13.2 Å². The Morgan fingerprint density at radius 3 is 2.52 bits per heavy atom. The third kappa shape index (κ3) is 4.01. The average molecular weight is 385 g/mol. The van der Waals surface area contributed by atoms with Gasteiger partial charge in [-0.15, -0.1) is 0 Å². The van der Waals surface area contributed by atoms with E-state index in [4.69, 9.17) is 11.6 Å². The van der Waals surface area contributed by atoms with Crippen molar-refractivity contribution in [2.24, 2.45) is 17.8 Å². The number of amides is 1. The van der Waals surface area contributed by atoms with Crippen LogP contribution < -0.4 is 5.32 Å². The number of carbonyl (C=O) groups is 1. The Bertz CT molecular complexity index is 735. The van der Waals surface area contributed by atoms with Crippen LogP contribution in [0.3, 0.4) is 0 Å². The lowest BCUT2D eigenvalue weighted by molar-refractivity contribution is -0.122. The molecule has 4 unspecified atom stereocenters. The van der Waals surface area contributed by atoms with Crippen LogP contribution >= 0.6 is 11.6 Å². The number of hydrogen-bond donors (Lipinski definition) is 1. The molecule has 3 rings (SSSR count). The number of nitrogens with zero attached hydrogens (tertiary/aromatic N) is 1. The zero-order chi connectivity index (χ0) is 18.2. The van der Waals surface area contributed by atoms with Crippen LogP contribution in [0.25, 0.3) is 0 Å². The van der Waals surface area contributed by atoms with Crippen molar-refractivity contribution in [1.29, 1.82) is 0 Å². The molecule has 0 aliphatic heterocycles. The van der Waals surface area contributed by atoms with Crippen LogP contribution in [0.4, 0.5) is 0 Å². The van der Waals surface area contributed by atoms with Gasteiger partial charge in [-0.05, 0) is 68.2 Å². The molecule has 2 fully saturated rings. The van der Waals surface area contributed by atoms with Crippen molar-refractivity contribution < 1.29 is 13.2 Å². The van der Waals surface area contributed by atoms with Gasteiger partial charge in [0, 0.05) is 18.1 Å². The smallest absolute Gasteiger partial charge is 0.243 e. The first-order valence-corrected chi connectivity index (χ1v) is 10.6. The molecule has 2 aliphatic carbocycles. The fraction of sp³-hybridized carbons (Fsp3) is 0.611. The Labute approximate surface area is 154 Å². The predicted octanol–water partition coefficient (Wildman–Crippen LogP) is 2.90. The van der Waals surface area contributed by atoms with Gasteiger partial charge in [-0.25, -0.2) is 8.42 Å². The first kappa shape index (κ1) is 18.7. The number of sulfonamides is 1. The Morgan fingerprint density at radius 1 is 1.28 bits per heavy atom. The van der Waals surface area contributed by atoms with Crippen molar-refractivity contribution in [3.63, 3.8) is 0 Å². The van der Waals surface area contributed by atoms with Crippen LogP contribution in [0, 0.1) is 17.8 Å². The second-order valence-corrected chi connectivity index (χ2v) is 9.89. The topological polar surface area (TPSA) is 66.5 Å². The first-order valence-electron chi connectivity index (χ1n) is 8.78. The molecule has 0 aromatic heterocycles. The second-order valence-electron chi connectivity index (χ2n) is 7.41. The van der Waals surface area contributed by atoms with Gasteiger partial charge in [0.05, 0.1) is 11.4 Å². The van der Waals surface area contributed by atoms with Crippen LogP contribution in [0.15, 0.2) is 29.2 Å². The molecule has 2 aliphatic rings. The Kier molecular flexibility index (Phi) is 5.42. The van der Waals surface area contributed by atoms with Crippen molar-refractivity contribution in [3.05, 3.63) is 29.3 Å². The van der Waals surface area contributed by atoms with Gasteiger partial charge in [-0.2, -0.15) is 4.31 Å². The minimum absolute atomic E-state index is 0.0921. The summed E-state index contributed by atoms with van der Waals surface area (Å²) in [6, 6.07) is 6.04. The highest BCUT2D eigenvalue weighted by molar-refractivity contribution is 7.89. The normalized spacial score (nSPS) is 26.8. The molecule has 1 amide bonds. The number of carbonyl (C=O) groups excluding carboxylic acids is 1. The monoisotopic (exact) mass is 384 g/mol. The first-order chi connectivity index (χ1) is 11.8. The van der Waals surface area contributed by atoms with Crippen molar-refractivity contribution in [3.8, 4) is 0 Å². The summed E-state index contributed by atoms with van der Waals surface area (Å²) < 4.78 is 26.1. The van der Waals surface area contributed by atoms with E-state index in [1.807, 2.05) is 6.92 Å². The molecular weight excluding hydrogens is 360 g/mol. The Morgan fingerprint density at radius 2 is 1.96 bits per heavy atom. The molecule has 7 heteroatoms. The molecule has 5 nitrogen and oxygen atoms in total. The largest absolute Gasteiger partial charge is 0.352 e. The number of hydrogen-bond acceptors (Lipinski definition) is 3. The van der Waals surface area contributed by atoms with Crippen molar-refractivity contribution in [2.75, 3.05) is 13.6 Å².